The van der Waals surface area contributed by atoms with Crippen LogP contribution in [0.15, 0.2) is 60.7 Å². The number of nitrogens with zero attached hydrogens (tertiary/aromatic N) is 2. The van der Waals surface area contributed by atoms with Crippen LogP contribution >= 0.6 is 0 Å². The van der Waals surface area contributed by atoms with Gasteiger partial charge in [-0.2, -0.15) is 4.98 Å². The van der Waals surface area contributed by atoms with Gasteiger partial charge in [0.25, 0.3) is 0 Å². The van der Waals surface area contributed by atoms with Crippen molar-refractivity contribution in [3.05, 3.63) is 72.0 Å². The number of hydrogen-bond acceptors (Lipinski definition) is 4. The highest BCUT2D eigenvalue weighted by Gasteiger charge is 2.08. The van der Waals surface area contributed by atoms with Crippen molar-refractivity contribution in [2.24, 2.45) is 0 Å². The molecule has 0 radical (unpaired) electrons. The van der Waals surface area contributed by atoms with E-state index in [4.69, 9.17) is 0 Å². The molecule has 1 atom stereocenters. The maximum Gasteiger partial charge on any atom is 0.225 e. The maximum atomic E-state index is 13.0. The second-order valence-electron chi connectivity index (χ2n) is 6.26. The molecule has 26 heavy (non-hydrogen) atoms. The highest BCUT2D eigenvalue weighted by atomic mass is 19.1. The molecule has 1 unspecified atom stereocenters. The molecule has 0 fully saturated rings. The zero-order valence-electron chi connectivity index (χ0n) is 15.0. The first-order valence-corrected chi connectivity index (χ1v) is 8.83. The predicted molar refractivity (Wildman–Crippen MR) is 105 cm³/mol. The summed E-state index contributed by atoms with van der Waals surface area (Å²) < 4.78 is 13.0. The van der Waals surface area contributed by atoms with Crippen molar-refractivity contribution in [2.75, 3.05) is 10.6 Å². The van der Waals surface area contributed by atoms with Crippen LogP contribution in [0.2, 0.25) is 0 Å². The van der Waals surface area contributed by atoms with Gasteiger partial charge in [-0.05, 0) is 31.0 Å². The number of anilines is 2. The summed E-state index contributed by atoms with van der Waals surface area (Å²) in [6.07, 6.45) is 1.00. The first-order chi connectivity index (χ1) is 12.6. The van der Waals surface area contributed by atoms with Gasteiger partial charge in [0.1, 0.15) is 11.6 Å². The number of nitrogens with one attached hydrogen (secondary N) is 2. The molecule has 1 heterocycles. The fourth-order valence-electron chi connectivity index (χ4n) is 2.49. The molecule has 0 aliphatic carbocycles. The average Bonchev–Trinajstić information content (AvgIpc) is 2.68. The van der Waals surface area contributed by atoms with Crippen molar-refractivity contribution in [1.29, 1.82) is 0 Å². The molecular weight excluding hydrogens is 327 g/mol. The summed E-state index contributed by atoms with van der Waals surface area (Å²) >= 11 is 0. The van der Waals surface area contributed by atoms with E-state index in [0.717, 1.165) is 29.1 Å². The topological polar surface area (TPSA) is 49.8 Å². The summed E-state index contributed by atoms with van der Waals surface area (Å²) in [6.45, 7) is 4.78. The van der Waals surface area contributed by atoms with Gasteiger partial charge in [-0.25, -0.2) is 9.37 Å². The lowest BCUT2D eigenvalue weighted by molar-refractivity contribution is 0.627. The van der Waals surface area contributed by atoms with Crippen molar-refractivity contribution >= 4 is 11.8 Å². The van der Waals surface area contributed by atoms with Crippen LogP contribution in [0.1, 0.15) is 25.8 Å². The number of aromatic nitrogens is 2. The van der Waals surface area contributed by atoms with Crippen LogP contribution in [0, 0.1) is 5.82 Å². The van der Waals surface area contributed by atoms with E-state index in [2.05, 4.69) is 34.4 Å². The summed E-state index contributed by atoms with van der Waals surface area (Å²) in [5.41, 5.74) is 2.86. The lowest BCUT2D eigenvalue weighted by Crippen LogP contribution is -2.15. The Labute approximate surface area is 153 Å². The quantitative estimate of drug-likeness (QED) is 0.622. The minimum Gasteiger partial charge on any atom is -0.367 e. The molecule has 0 amide bonds. The van der Waals surface area contributed by atoms with E-state index in [9.17, 15) is 4.39 Å². The molecular formula is C21H23FN4. The molecule has 3 rings (SSSR count). The first kappa shape index (κ1) is 17.9. The Kier molecular flexibility index (Phi) is 5.79. The maximum absolute atomic E-state index is 13.0. The number of benzene rings is 2. The minimum absolute atomic E-state index is 0.240. The van der Waals surface area contributed by atoms with Crippen LogP contribution in [-0.4, -0.2) is 16.0 Å². The number of halogens is 1. The molecule has 0 spiro atoms. The second kappa shape index (κ2) is 8.43. The lowest BCUT2D eigenvalue weighted by atomic mass is 10.1. The third kappa shape index (κ3) is 4.79. The molecule has 5 heteroatoms. The third-order valence-corrected chi connectivity index (χ3v) is 4.17. The van der Waals surface area contributed by atoms with Crippen LogP contribution < -0.4 is 10.6 Å². The summed E-state index contributed by atoms with van der Waals surface area (Å²) in [5.74, 6) is 1.09. The van der Waals surface area contributed by atoms with Gasteiger partial charge in [0.15, 0.2) is 0 Å². The zero-order valence-corrected chi connectivity index (χ0v) is 15.0. The Morgan fingerprint density at radius 1 is 1.00 bits per heavy atom. The van der Waals surface area contributed by atoms with E-state index in [1.807, 2.05) is 36.4 Å². The Hall–Kier alpha value is -2.95. The van der Waals surface area contributed by atoms with Crippen LogP contribution in [0.25, 0.3) is 11.3 Å². The summed E-state index contributed by atoms with van der Waals surface area (Å²) in [4.78, 5) is 9.21. The normalized spacial score (nSPS) is 11.8. The van der Waals surface area contributed by atoms with Gasteiger partial charge in [-0.1, -0.05) is 49.4 Å². The van der Waals surface area contributed by atoms with Gasteiger partial charge in [-0.15, -0.1) is 0 Å². The highest BCUT2D eigenvalue weighted by molar-refractivity contribution is 5.64. The molecule has 0 aliphatic rings. The van der Waals surface area contributed by atoms with Gasteiger partial charge >= 0.3 is 0 Å². The molecule has 0 aliphatic heterocycles. The van der Waals surface area contributed by atoms with Gasteiger partial charge in [0, 0.05) is 24.2 Å². The fourth-order valence-corrected chi connectivity index (χ4v) is 2.49. The van der Waals surface area contributed by atoms with Crippen LogP contribution in [0.3, 0.4) is 0 Å². The van der Waals surface area contributed by atoms with Crippen LogP contribution in [0.5, 0.6) is 0 Å². The molecule has 2 aromatic carbocycles. The summed E-state index contributed by atoms with van der Waals surface area (Å²) in [6, 6.07) is 18.7. The van der Waals surface area contributed by atoms with Gasteiger partial charge < -0.3 is 10.6 Å². The largest absolute Gasteiger partial charge is 0.367 e. The van der Waals surface area contributed by atoms with Gasteiger partial charge in [0.05, 0.1) is 5.69 Å². The van der Waals surface area contributed by atoms with E-state index in [1.165, 1.54) is 12.1 Å². The van der Waals surface area contributed by atoms with Gasteiger partial charge in [-0.3, -0.25) is 0 Å². The molecule has 4 nitrogen and oxygen atoms in total. The predicted octanol–water partition coefficient (Wildman–Crippen LogP) is 5.11. The molecule has 3 aromatic rings. The first-order valence-electron chi connectivity index (χ1n) is 8.83. The van der Waals surface area contributed by atoms with E-state index in [1.54, 1.807) is 12.1 Å². The zero-order chi connectivity index (χ0) is 18.4. The number of rotatable bonds is 7. The van der Waals surface area contributed by atoms with Crippen molar-refractivity contribution in [3.63, 3.8) is 0 Å². The lowest BCUT2D eigenvalue weighted by Gasteiger charge is -2.15. The van der Waals surface area contributed by atoms with Crippen molar-refractivity contribution in [2.45, 2.75) is 32.9 Å². The van der Waals surface area contributed by atoms with Crippen molar-refractivity contribution < 1.29 is 4.39 Å². The van der Waals surface area contributed by atoms with E-state index >= 15 is 0 Å². The second-order valence-corrected chi connectivity index (χ2v) is 6.26. The summed E-state index contributed by atoms with van der Waals surface area (Å²) in [7, 11) is 0. The van der Waals surface area contributed by atoms with E-state index in [0.29, 0.717) is 18.5 Å². The molecule has 134 valence electrons. The fraction of sp³-hybridized carbons (Fsp3) is 0.238. The van der Waals surface area contributed by atoms with Gasteiger partial charge in [0.2, 0.25) is 5.95 Å². The van der Waals surface area contributed by atoms with E-state index in [-0.39, 0.29) is 5.82 Å². The monoisotopic (exact) mass is 350 g/mol. The number of hydrogen-bond donors (Lipinski definition) is 2. The molecule has 0 bridgehead atoms. The SMILES string of the molecule is CCC(C)Nc1cc(-c2ccccc2)nc(NCc2ccc(F)cc2)n1. The minimum atomic E-state index is -0.240. The Balaban J connectivity index is 1.85. The van der Waals surface area contributed by atoms with Crippen molar-refractivity contribution in [1.82, 2.24) is 9.97 Å². The van der Waals surface area contributed by atoms with Crippen molar-refractivity contribution in [3.8, 4) is 11.3 Å². The Bertz CT molecular complexity index is 834. The Morgan fingerprint density at radius 2 is 1.73 bits per heavy atom. The highest BCUT2D eigenvalue weighted by Crippen LogP contribution is 2.22. The standard InChI is InChI=1S/C21H23FN4/c1-3-15(2)24-20-13-19(17-7-5-4-6-8-17)25-21(26-20)23-14-16-9-11-18(22)12-10-16/h4-13,15H,3,14H2,1-2H3,(H2,23,24,25,26). The smallest absolute Gasteiger partial charge is 0.225 e. The Morgan fingerprint density at radius 3 is 2.42 bits per heavy atom. The molecule has 1 aromatic heterocycles. The molecule has 0 saturated heterocycles. The third-order valence-electron chi connectivity index (χ3n) is 4.17. The average molecular weight is 350 g/mol. The van der Waals surface area contributed by atoms with Crippen LogP contribution in [-0.2, 0) is 6.54 Å². The van der Waals surface area contributed by atoms with E-state index < -0.39 is 0 Å². The molecule has 0 saturated carbocycles. The van der Waals surface area contributed by atoms with Crippen LogP contribution in [0.4, 0.5) is 16.2 Å². The molecule has 2 N–H and O–H groups in total. The summed E-state index contributed by atoms with van der Waals surface area (Å²) in [5, 5.41) is 6.64.